The molecule has 0 amide bonds. The molecule has 1 N–H and O–H groups in total. The molecule has 4 heteroatoms. The molecule has 3 atom stereocenters. The Bertz CT molecular complexity index is 301. The average Bonchev–Trinajstić information content (AvgIpc) is 2.52. The number of hydrogen-bond acceptors (Lipinski definition) is 4. The first kappa shape index (κ1) is 18.2. The van der Waals surface area contributed by atoms with E-state index >= 15 is 0 Å². The van der Waals surface area contributed by atoms with Crippen molar-refractivity contribution < 1.29 is 9.84 Å². The van der Waals surface area contributed by atoms with Crippen LogP contribution in [-0.2, 0) is 4.74 Å². The van der Waals surface area contributed by atoms with E-state index in [-0.39, 0.29) is 0 Å². The highest BCUT2D eigenvalue weighted by atomic mass is 16.5. The van der Waals surface area contributed by atoms with E-state index in [2.05, 4.69) is 23.9 Å². The summed E-state index contributed by atoms with van der Waals surface area (Å²) < 4.78 is 6.12. The average molecular weight is 312 g/mol. The maximum absolute atomic E-state index is 8.96. The fourth-order valence-electron chi connectivity index (χ4n) is 4.07. The molecule has 2 saturated heterocycles. The fourth-order valence-corrected chi connectivity index (χ4v) is 4.07. The zero-order valence-corrected chi connectivity index (χ0v) is 14.7. The van der Waals surface area contributed by atoms with E-state index in [1.807, 2.05) is 0 Å². The number of aliphatic hydroxyl groups is 1. The summed E-state index contributed by atoms with van der Waals surface area (Å²) in [4.78, 5) is 4.96. The highest BCUT2D eigenvalue weighted by molar-refractivity contribution is 4.80. The summed E-state index contributed by atoms with van der Waals surface area (Å²) in [6, 6.07) is 1.43. The molecule has 2 aliphatic rings. The van der Waals surface area contributed by atoms with Crippen LogP contribution in [0.3, 0.4) is 0 Å². The number of aliphatic hydroxyl groups excluding tert-OH is 1. The Labute approximate surface area is 136 Å². The Morgan fingerprint density at radius 1 is 0.955 bits per heavy atom. The summed E-state index contributed by atoms with van der Waals surface area (Å²) in [5, 5.41) is 8.96. The van der Waals surface area contributed by atoms with Crippen molar-refractivity contribution in [1.29, 1.82) is 0 Å². The molecule has 0 radical (unpaired) electrons. The standard InChI is InChI=1S/C18H36N2O2/c1-19-12-4-3-7-16(19)9-6-14-22-18-11-10-17(8-5-13-21)20(2)15-18/h16-18,21H,3-15H2,1-2H3. The second-order valence-electron chi connectivity index (χ2n) is 7.30. The molecule has 3 unspecified atom stereocenters. The fraction of sp³-hybridized carbons (Fsp3) is 1.00. The van der Waals surface area contributed by atoms with E-state index in [1.165, 1.54) is 51.5 Å². The molecule has 0 bridgehead atoms. The van der Waals surface area contributed by atoms with Crippen LogP contribution in [0.25, 0.3) is 0 Å². The lowest BCUT2D eigenvalue weighted by molar-refractivity contribution is -0.0166. The summed E-state index contributed by atoms with van der Waals surface area (Å²) in [7, 11) is 4.47. The summed E-state index contributed by atoms with van der Waals surface area (Å²) in [6.07, 6.45) is 11.5. The quantitative estimate of drug-likeness (QED) is 0.699. The molecule has 2 heterocycles. The molecule has 2 aliphatic heterocycles. The third-order valence-corrected chi connectivity index (χ3v) is 5.59. The minimum atomic E-state index is 0.319. The third-order valence-electron chi connectivity index (χ3n) is 5.59. The van der Waals surface area contributed by atoms with Crippen molar-refractivity contribution in [3.63, 3.8) is 0 Å². The van der Waals surface area contributed by atoms with E-state index in [0.29, 0.717) is 18.8 Å². The van der Waals surface area contributed by atoms with E-state index in [0.717, 1.165) is 32.0 Å². The molecule has 0 aliphatic carbocycles. The molecule has 0 aromatic rings. The van der Waals surface area contributed by atoms with Gasteiger partial charge in [-0.25, -0.2) is 0 Å². The SMILES string of the molecule is CN1CCCCC1CCCOC1CCC(CCCO)N(C)C1. The molecule has 0 saturated carbocycles. The first-order chi connectivity index (χ1) is 10.7. The maximum atomic E-state index is 8.96. The molecule has 0 aromatic carbocycles. The summed E-state index contributed by atoms with van der Waals surface area (Å²) in [6.45, 7) is 3.57. The van der Waals surface area contributed by atoms with Gasteiger partial charge in [-0.2, -0.15) is 0 Å². The minimum absolute atomic E-state index is 0.319. The smallest absolute Gasteiger partial charge is 0.0702 e. The van der Waals surface area contributed by atoms with Gasteiger partial charge in [0.05, 0.1) is 6.10 Å². The van der Waals surface area contributed by atoms with E-state index < -0.39 is 0 Å². The molecule has 0 spiro atoms. The van der Waals surface area contributed by atoms with Crippen molar-refractivity contribution >= 4 is 0 Å². The summed E-state index contributed by atoms with van der Waals surface area (Å²) in [5.41, 5.74) is 0. The number of rotatable bonds is 8. The first-order valence-corrected chi connectivity index (χ1v) is 9.33. The van der Waals surface area contributed by atoms with Crippen LogP contribution >= 0.6 is 0 Å². The van der Waals surface area contributed by atoms with Gasteiger partial charge >= 0.3 is 0 Å². The van der Waals surface area contributed by atoms with E-state index in [1.54, 1.807) is 0 Å². The van der Waals surface area contributed by atoms with E-state index in [4.69, 9.17) is 9.84 Å². The summed E-state index contributed by atoms with van der Waals surface area (Å²) in [5.74, 6) is 0. The van der Waals surface area contributed by atoms with Gasteiger partial charge in [0.15, 0.2) is 0 Å². The Morgan fingerprint density at radius 3 is 2.45 bits per heavy atom. The molecular formula is C18H36N2O2. The van der Waals surface area contributed by atoms with Crippen molar-refractivity contribution in [3.05, 3.63) is 0 Å². The van der Waals surface area contributed by atoms with Gasteiger partial charge in [0.2, 0.25) is 0 Å². The Hall–Kier alpha value is -0.160. The van der Waals surface area contributed by atoms with Gasteiger partial charge in [0.25, 0.3) is 0 Å². The molecule has 0 aromatic heterocycles. The van der Waals surface area contributed by atoms with Crippen molar-refractivity contribution in [3.8, 4) is 0 Å². The predicted molar refractivity (Wildman–Crippen MR) is 91.2 cm³/mol. The van der Waals surface area contributed by atoms with Crippen molar-refractivity contribution in [2.45, 2.75) is 76.0 Å². The molecular weight excluding hydrogens is 276 g/mol. The van der Waals surface area contributed by atoms with Crippen LogP contribution in [-0.4, -0.2) is 73.5 Å². The maximum Gasteiger partial charge on any atom is 0.0702 e. The first-order valence-electron chi connectivity index (χ1n) is 9.33. The van der Waals surface area contributed by atoms with Gasteiger partial charge in [-0.05, 0) is 72.0 Å². The van der Waals surface area contributed by atoms with Gasteiger partial charge in [0.1, 0.15) is 0 Å². The lowest BCUT2D eigenvalue weighted by Crippen LogP contribution is -2.44. The van der Waals surface area contributed by atoms with Crippen molar-refractivity contribution in [2.24, 2.45) is 0 Å². The highest BCUT2D eigenvalue weighted by Gasteiger charge is 2.25. The number of hydrogen-bond donors (Lipinski definition) is 1. The number of ether oxygens (including phenoxy) is 1. The molecule has 2 fully saturated rings. The van der Waals surface area contributed by atoms with Crippen LogP contribution in [0.2, 0.25) is 0 Å². The largest absolute Gasteiger partial charge is 0.396 e. The predicted octanol–water partition coefficient (Wildman–Crippen LogP) is 2.50. The number of likely N-dealkylation sites (tertiary alicyclic amines) is 2. The third kappa shape index (κ3) is 5.80. The van der Waals surface area contributed by atoms with Crippen LogP contribution in [0.15, 0.2) is 0 Å². The Kier molecular flexibility index (Phi) is 8.15. The van der Waals surface area contributed by atoms with Crippen LogP contribution in [0.5, 0.6) is 0 Å². The lowest BCUT2D eigenvalue weighted by atomic mass is 9.97. The highest BCUT2D eigenvalue weighted by Crippen LogP contribution is 2.22. The van der Waals surface area contributed by atoms with Crippen LogP contribution < -0.4 is 0 Å². The monoisotopic (exact) mass is 312 g/mol. The molecule has 2 rings (SSSR count). The normalized spacial score (nSPS) is 31.5. The van der Waals surface area contributed by atoms with Gasteiger partial charge in [0, 0.05) is 31.8 Å². The second kappa shape index (κ2) is 9.86. The lowest BCUT2D eigenvalue weighted by Gasteiger charge is -2.37. The minimum Gasteiger partial charge on any atom is -0.396 e. The molecule has 130 valence electrons. The topological polar surface area (TPSA) is 35.9 Å². The van der Waals surface area contributed by atoms with E-state index in [9.17, 15) is 0 Å². The van der Waals surface area contributed by atoms with Crippen LogP contribution in [0.1, 0.15) is 57.8 Å². The van der Waals surface area contributed by atoms with Gasteiger partial charge in [-0.1, -0.05) is 6.42 Å². The van der Waals surface area contributed by atoms with Gasteiger partial charge in [-0.15, -0.1) is 0 Å². The number of nitrogens with zero attached hydrogens (tertiary/aromatic N) is 2. The Balaban J connectivity index is 1.56. The molecule has 4 nitrogen and oxygen atoms in total. The van der Waals surface area contributed by atoms with Crippen LogP contribution in [0.4, 0.5) is 0 Å². The van der Waals surface area contributed by atoms with Crippen molar-refractivity contribution in [1.82, 2.24) is 9.80 Å². The molecule has 22 heavy (non-hydrogen) atoms. The number of likely N-dealkylation sites (N-methyl/N-ethyl adjacent to an activating group) is 1. The zero-order valence-electron chi connectivity index (χ0n) is 14.7. The van der Waals surface area contributed by atoms with Gasteiger partial charge < -0.3 is 19.6 Å². The second-order valence-corrected chi connectivity index (χ2v) is 7.30. The number of piperidine rings is 2. The Morgan fingerprint density at radius 2 is 1.73 bits per heavy atom. The van der Waals surface area contributed by atoms with Crippen LogP contribution in [0, 0.1) is 0 Å². The zero-order chi connectivity index (χ0) is 15.8. The summed E-state index contributed by atoms with van der Waals surface area (Å²) >= 11 is 0. The van der Waals surface area contributed by atoms with Crippen molar-refractivity contribution in [2.75, 3.05) is 40.4 Å². The van der Waals surface area contributed by atoms with Gasteiger partial charge in [-0.3, -0.25) is 0 Å².